The Morgan fingerprint density at radius 3 is 2.50 bits per heavy atom. The third kappa shape index (κ3) is 2.60. The van der Waals surface area contributed by atoms with Gasteiger partial charge in [-0.1, -0.05) is 13.8 Å². The lowest BCUT2D eigenvalue weighted by Gasteiger charge is -2.24. The highest BCUT2D eigenvalue weighted by Crippen LogP contribution is 2.32. The molecule has 0 fully saturated rings. The fourth-order valence-electron chi connectivity index (χ4n) is 2.55. The highest BCUT2D eigenvalue weighted by Gasteiger charge is 2.25. The molecule has 1 N–H and O–H groups in total. The number of nitro groups is 1. The van der Waals surface area contributed by atoms with Gasteiger partial charge in [-0.3, -0.25) is 10.1 Å². The van der Waals surface area contributed by atoms with Crippen LogP contribution >= 0.6 is 0 Å². The van der Waals surface area contributed by atoms with Crippen molar-refractivity contribution in [2.24, 2.45) is 5.92 Å². The van der Waals surface area contributed by atoms with E-state index in [1.165, 1.54) is 18.5 Å². The average Bonchev–Trinajstić information content (AvgIpc) is 2.37. The summed E-state index contributed by atoms with van der Waals surface area (Å²) in [5.74, 6) is -0.0325. The fraction of sp³-hybridized carbons (Fsp3) is 0.429. The molecule has 0 spiro atoms. The van der Waals surface area contributed by atoms with Crippen molar-refractivity contribution < 1.29 is 10.0 Å². The van der Waals surface area contributed by atoms with Gasteiger partial charge >= 0.3 is 0 Å². The first kappa shape index (κ1) is 14.3. The zero-order valence-electron chi connectivity index (χ0n) is 11.6. The molecule has 0 bridgehead atoms. The summed E-state index contributed by atoms with van der Waals surface area (Å²) < 4.78 is 0. The van der Waals surface area contributed by atoms with E-state index >= 15 is 0 Å². The van der Waals surface area contributed by atoms with Gasteiger partial charge in [0.15, 0.2) is 0 Å². The van der Waals surface area contributed by atoms with E-state index in [0.717, 1.165) is 0 Å². The minimum Gasteiger partial charge on any atom is -0.393 e. The smallest absolute Gasteiger partial charge is 0.270 e. The van der Waals surface area contributed by atoms with Gasteiger partial charge in [0, 0.05) is 23.4 Å². The number of aromatic nitrogens is 2. The largest absolute Gasteiger partial charge is 0.393 e. The maximum atomic E-state index is 10.9. The molecule has 0 saturated heterocycles. The van der Waals surface area contributed by atoms with Crippen LogP contribution in [0.1, 0.15) is 32.4 Å². The van der Waals surface area contributed by atoms with Crippen LogP contribution in [0.25, 0.3) is 10.9 Å². The monoisotopic (exact) mass is 275 g/mol. The van der Waals surface area contributed by atoms with E-state index in [9.17, 15) is 15.2 Å². The van der Waals surface area contributed by atoms with E-state index in [1.54, 1.807) is 13.0 Å². The number of hydrogen-bond donors (Lipinski definition) is 1. The number of nitro benzene ring substituents is 1. The first-order chi connectivity index (χ1) is 9.41. The number of rotatable bonds is 4. The molecule has 20 heavy (non-hydrogen) atoms. The van der Waals surface area contributed by atoms with Gasteiger partial charge in [-0.25, -0.2) is 9.97 Å². The Morgan fingerprint density at radius 1 is 1.25 bits per heavy atom. The molecule has 2 atom stereocenters. The molecule has 6 heteroatoms. The summed E-state index contributed by atoms with van der Waals surface area (Å²) >= 11 is 0. The van der Waals surface area contributed by atoms with Crippen molar-refractivity contribution in [2.75, 3.05) is 0 Å². The number of aliphatic hydroxyl groups is 1. The summed E-state index contributed by atoms with van der Waals surface area (Å²) in [5, 5.41) is 21.5. The molecule has 1 heterocycles. The molecule has 106 valence electrons. The Labute approximate surface area is 116 Å². The summed E-state index contributed by atoms with van der Waals surface area (Å²) in [5.41, 5.74) is 1.30. The van der Waals surface area contributed by atoms with Crippen molar-refractivity contribution in [1.29, 1.82) is 0 Å². The maximum absolute atomic E-state index is 10.9. The predicted octanol–water partition coefficient (Wildman–Crippen LogP) is 2.66. The molecule has 0 aliphatic heterocycles. The molecular formula is C14H17N3O3. The number of fused-ring (bicyclic) bond motifs is 1. The molecule has 0 aliphatic carbocycles. The van der Waals surface area contributed by atoms with Gasteiger partial charge in [-0.15, -0.1) is 0 Å². The lowest BCUT2D eigenvalue weighted by Crippen LogP contribution is -2.21. The van der Waals surface area contributed by atoms with Crippen molar-refractivity contribution in [2.45, 2.75) is 32.8 Å². The van der Waals surface area contributed by atoms with E-state index in [4.69, 9.17) is 0 Å². The second kappa shape index (κ2) is 5.50. The number of aliphatic hydroxyl groups excluding tert-OH is 1. The standard InChI is InChI=1S/C14H17N3O3/c1-8(2)13(9(3)18)14-11-6-10(17(19)20)4-5-12(11)15-7-16-14/h4-9,13,18H,1-3H3. The van der Waals surface area contributed by atoms with Gasteiger partial charge in [0.05, 0.1) is 22.2 Å². The normalized spacial score (nSPS) is 14.4. The molecule has 0 amide bonds. The summed E-state index contributed by atoms with van der Waals surface area (Å²) in [4.78, 5) is 18.9. The van der Waals surface area contributed by atoms with Crippen LogP contribution in [0.4, 0.5) is 5.69 Å². The molecule has 2 aromatic rings. The van der Waals surface area contributed by atoms with Gasteiger partial charge in [0.25, 0.3) is 5.69 Å². The molecule has 1 aromatic carbocycles. The summed E-state index contributed by atoms with van der Waals surface area (Å²) in [6.07, 6.45) is 0.841. The van der Waals surface area contributed by atoms with Crippen molar-refractivity contribution in [1.82, 2.24) is 9.97 Å². The molecule has 2 rings (SSSR count). The van der Waals surface area contributed by atoms with Gasteiger partial charge in [-0.2, -0.15) is 0 Å². The zero-order chi connectivity index (χ0) is 14.9. The van der Waals surface area contributed by atoms with E-state index in [0.29, 0.717) is 16.6 Å². The topological polar surface area (TPSA) is 89.2 Å². The molecule has 6 nitrogen and oxygen atoms in total. The van der Waals surface area contributed by atoms with E-state index in [2.05, 4.69) is 9.97 Å². The lowest BCUT2D eigenvalue weighted by molar-refractivity contribution is -0.384. The highest BCUT2D eigenvalue weighted by molar-refractivity contribution is 5.83. The summed E-state index contributed by atoms with van der Waals surface area (Å²) in [6, 6.07) is 4.51. The Morgan fingerprint density at radius 2 is 1.95 bits per heavy atom. The second-order valence-electron chi connectivity index (χ2n) is 5.23. The number of benzene rings is 1. The first-order valence-corrected chi connectivity index (χ1v) is 6.49. The Balaban J connectivity index is 2.68. The highest BCUT2D eigenvalue weighted by atomic mass is 16.6. The fourth-order valence-corrected chi connectivity index (χ4v) is 2.55. The van der Waals surface area contributed by atoms with Gasteiger partial charge in [-0.05, 0) is 18.9 Å². The van der Waals surface area contributed by atoms with Crippen molar-refractivity contribution in [3.8, 4) is 0 Å². The third-order valence-corrected chi connectivity index (χ3v) is 3.41. The van der Waals surface area contributed by atoms with Crippen molar-refractivity contribution in [3.63, 3.8) is 0 Å². The Kier molecular flexibility index (Phi) is 3.94. The number of nitrogens with zero attached hydrogens (tertiary/aromatic N) is 3. The SMILES string of the molecule is CC(C)C(c1ncnc2ccc([N+](=O)[O-])cc12)C(C)O. The average molecular weight is 275 g/mol. The van der Waals surface area contributed by atoms with E-state index in [1.807, 2.05) is 13.8 Å². The van der Waals surface area contributed by atoms with E-state index < -0.39 is 11.0 Å². The van der Waals surface area contributed by atoms with Crippen LogP contribution in [0.15, 0.2) is 24.5 Å². The van der Waals surface area contributed by atoms with Gasteiger partial charge in [0.1, 0.15) is 6.33 Å². The van der Waals surface area contributed by atoms with E-state index in [-0.39, 0.29) is 17.5 Å². The van der Waals surface area contributed by atoms with Crippen LogP contribution in [0.2, 0.25) is 0 Å². The quantitative estimate of drug-likeness (QED) is 0.684. The Bertz CT molecular complexity index is 633. The van der Waals surface area contributed by atoms with Gasteiger partial charge < -0.3 is 5.11 Å². The number of hydrogen-bond acceptors (Lipinski definition) is 5. The minimum absolute atomic E-state index is 0.00153. The maximum Gasteiger partial charge on any atom is 0.270 e. The van der Waals surface area contributed by atoms with Crippen LogP contribution in [0.3, 0.4) is 0 Å². The van der Waals surface area contributed by atoms with Crippen molar-refractivity contribution in [3.05, 3.63) is 40.3 Å². The minimum atomic E-state index is -0.590. The third-order valence-electron chi connectivity index (χ3n) is 3.41. The molecule has 0 aliphatic rings. The molecule has 0 saturated carbocycles. The zero-order valence-corrected chi connectivity index (χ0v) is 11.6. The lowest BCUT2D eigenvalue weighted by atomic mass is 9.86. The summed E-state index contributed by atoms with van der Waals surface area (Å²) in [6.45, 7) is 5.68. The molecule has 1 aromatic heterocycles. The van der Waals surface area contributed by atoms with Crippen LogP contribution in [0.5, 0.6) is 0 Å². The van der Waals surface area contributed by atoms with Crippen molar-refractivity contribution >= 4 is 16.6 Å². The Hall–Kier alpha value is -2.08. The summed E-state index contributed by atoms with van der Waals surface area (Å²) in [7, 11) is 0. The van der Waals surface area contributed by atoms with Crippen LogP contribution in [-0.4, -0.2) is 26.1 Å². The van der Waals surface area contributed by atoms with Crippen LogP contribution in [0, 0.1) is 16.0 Å². The van der Waals surface area contributed by atoms with Crippen LogP contribution < -0.4 is 0 Å². The van der Waals surface area contributed by atoms with Gasteiger partial charge in [0.2, 0.25) is 0 Å². The predicted molar refractivity (Wildman–Crippen MR) is 75.5 cm³/mol. The number of non-ortho nitro benzene ring substituents is 1. The first-order valence-electron chi connectivity index (χ1n) is 6.49. The second-order valence-corrected chi connectivity index (χ2v) is 5.23. The molecule has 2 unspecified atom stereocenters. The molecular weight excluding hydrogens is 258 g/mol. The van der Waals surface area contributed by atoms with Crippen LogP contribution in [-0.2, 0) is 0 Å². The molecule has 0 radical (unpaired) electrons.